The fourth-order valence-corrected chi connectivity index (χ4v) is 2.38. The van der Waals surface area contributed by atoms with Crippen LogP contribution in [0.25, 0.3) is 0 Å². The second-order valence-corrected chi connectivity index (χ2v) is 4.58. The van der Waals surface area contributed by atoms with Gasteiger partial charge in [-0.05, 0) is 12.8 Å². The molecule has 2 aliphatic rings. The van der Waals surface area contributed by atoms with Crippen molar-refractivity contribution in [1.29, 1.82) is 5.26 Å². The van der Waals surface area contributed by atoms with Gasteiger partial charge in [0.05, 0.1) is 6.07 Å². The van der Waals surface area contributed by atoms with Gasteiger partial charge in [0.15, 0.2) is 0 Å². The molecule has 5 nitrogen and oxygen atoms in total. The molecule has 0 spiro atoms. The maximum atomic E-state index is 12.1. The number of rotatable bonds is 3. The fourth-order valence-electron chi connectivity index (χ4n) is 2.38. The van der Waals surface area contributed by atoms with Gasteiger partial charge >= 0.3 is 0 Å². The molecule has 2 saturated heterocycles. The average Bonchev–Trinajstić information content (AvgIpc) is 2.90. The van der Waals surface area contributed by atoms with Gasteiger partial charge in [0, 0.05) is 45.8 Å². The van der Waals surface area contributed by atoms with E-state index in [4.69, 9.17) is 10.00 Å². The van der Waals surface area contributed by atoms with Gasteiger partial charge in [0.1, 0.15) is 6.10 Å². The lowest BCUT2D eigenvalue weighted by molar-refractivity contribution is -0.142. The summed E-state index contributed by atoms with van der Waals surface area (Å²) in [4.78, 5) is 16.2. The monoisotopic (exact) mass is 237 g/mol. The molecule has 0 radical (unpaired) electrons. The Kier molecular flexibility index (Phi) is 4.35. The van der Waals surface area contributed by atoms with Crippen molar-refractivity contribution in [3.05, 3.63) is 0 Å². The standard InChI is InChI=1S/C12H19N3O2/c13-4-2-5-14-6-8-15(9-7-14)12(16)11-3-1-10-17-11/h11H,1-3,5-10H2. The third kappa shape index (κ3) is 3.18. The SMILES string of the molecule is N#CCCN1CCN(C(=O)C2CCCO2)CC1. The Morgan fingerprint density at radius 2 is 2.12 bits per heavy atom. The van der Waals surface area contributed by atoms with Crippen LogP contribution < -0.4 is 0 Å². The first-order valence-corrected chi connectivity index (χ1v) is 6.31. The Morgan fingerprint density at radius 1 is 1.35 bits per heavy atom. The van der Waals surface area contributed by atoms with E-state index in [2.05, 4.69) is 11.0 Å². The Morgan fingerprint density at radius 3 is 2.71 bits per heavy atom. The summed E-state index contributed by atoms with van der Waals surface area (Å²) in [5.41, 5.74) is 0. The van der Waals surface area contributed by atoms with Crippen molar-refractivity contribution in [3.63, 3.8) is 0 Å². The Hall–Kier alpha value is -1.12. The molecule has 0 aromatic carbocycles. The first-order chi connectivity index (χ1) is 8.31. The molecular formula is C12H19N3O2. The molecule has 17 heavy (non-hydrogen) atoms. The van der Waals surface area contributed by atoms with Crippen LogP contribution in [0.15, 0.2) is 0 Å². The summed E-state index contributed by atoms with van der Waals surface area (Å²) in [6.07, 6.45) is 2.24. The number of nitrogens with zero attached hydrogens (tertiary/aromatic N) is 3. The number of hydrogen-bond acceptors (Lipinski definition) is 4. The molecule has 1 amide bonds. The van der Waals surface area contributed by atoms with Gasteiger partial charge in [-0.25, -0.2) is 0 Å². The summed E-state index contributed by atoms with van der Waals surface area (Å²) in [7, 11) is 0. The predicted molar refractivity (Wildman–Crippen MR) is 62.2 cm³/mol. The second kappa shape index (κ2) is 5.99. The van der Waals surface area contributed by atoms with Crippen LogP contribution in [0.5, 0.6) is 0 Å². The minimum atomic E-state index is -0.194. The molecular weight excluding hydrogens is 218 g/mol. The maximum absolute atomic E-state index is 12.1. The summed E-state index contributed by atoms with van der Waals surface area (Å²) in [6, 6.07) is 2.15. The molecule has 0 aliphatic carbocycles. The van der Waals surface area contributed by atoms with E-state index < -0.39 is 0 Å². The molecule has 5 heteroatoms. The quantitative estimate of drug-likeness (QED) is 0.705. The van der Waals surface area contributed by atoms with E-state index in [-0.39, 0.29) is 12.0 Å². The zero-order valence-corrected chi connectivity index (χ0v) is 10.1. The van der Waals surface area contributed by atoms with Crippen molar-refractivity contribution >= 4 is 5.91 Å². The van der Waals surface area contributed by atoms with Gasteiger partial charge in [0.2, 0.25) is 0 Å². The predicted octanol–water partition coefficient (Wildman–Crippen LogP) is 0.223. The highest BCUT2D eigenvalue weighted by Gasteiger charge is 2.29. The molecule has 0 aromatic rings. The lowest BCUT2D eigenvalue weighted by Crippen LogP contribution is -2.51. The number of ether oxygens (including phenoxy) is 1. The molecule has 2 heterocycles. The number of carbonyl (C=O) groups is 1. The molecule has 1 atom stereocenters. The summed E-state index contributed by atoms with van der Waals surface area (Å²) in [6.45, 7) is 4.82. The Balaban J connectivity index is 1.74. The Labute approximate surface area is 102 Å². The number of carbonyl (C=O) groups excluding carboxylic acids is 1. The topological polar surface area (TPSA) is 56.6 Å². The molecule has 2 rings (SSSR count). The van der Waals surface area contributed by atoms with Gasteiger partial charge in [0.25, 0.3) is 5.91 Å². The molecule has 94 valence electrons. The van der Waals surface area contributed by atoms with Crippen molar-refractivity contribution in [2.24, 2.45) is 0 Å². The lowest BCUT2D eigenvalue weighted by Gasteiger charge is -2.35. The summed E-state index contributed by atoms with van der Waals surface area (Å²) >= 11 is 0. The van der Waals surface area contributed by atoms with Crippen LogP contribution in [0.4, 0.5) is 0 Å². The van der Waals surface area contributed by atoms with Gasteiger partial charge in [-0.2, -0.15) is 5.26 Å². The smallest absolute Gasteiger partial charge is 0.251 e. The van der Waals surface area contributed by atoms with Crippen molar-refractivity contribution in [1.82, 2.24) is 9.80 Å². The molecule has 0 aromatic heterocycles. The average molecular weight is 237 g/mol. The zero-order chi connectivity index (χ0) is 12.1. The van der Waals surface area contributed by atoms with Gasteiger partial charge < -0.3 is 9.64 Å². The van der Waals surface area contributed by atoms with Crippen molar-refractivity contribution < 1.29 is 9.53 Å². The minimum Gasteiger partial charge on any atom is -0.368 e. The van der Waals surface area contributed by atoms with Crippen LogP contribution in [0.3, 0.4) is 0 Å². The first kappa shape index (κ1) is 12.3. The van der Waals surface area contributed by atoms with Crippen LogP contribution in [0.1, 0.15) is 19.3 Å². The van der Waals surface area contributed by atoms with E-state index in [0.717, 1.165) is 52.2 Å². The number of nitriles is 1. The Bertz CT molecular complexity index is 299. The normalized spacial score (nSPS) is 25.8. The van der Waals surface area contributed by atoms with Gasteiger partial charge in [-0.3, -0.25) is 9.69 Å². The van der Waals surface area contributed by atoms with Crippen LogP contribution in [-0.4, -0.2) is 61.1 Å². The molecule has 0 saturated carbocycles. The molecule has 2 fully saturated rings. The van der Waals surface area contributed by atoms with E-state index >= 15 is 0 Å². The third-order valence-electron chi connectivity index (χ3n) is 3.43. The van der Waals surface area contributed by atoms with E-state index in [0.29, 0.717) is 6.42 Å². The highest BCUT2D eigenvalue weighted by Crippen LogP contribution is 2.15. The maximum Gasteiger partial charge on any atom is 0.251 e. The van der Waals surface area contributed by atoms with Crippen molar-refractivity contribution in [3.8, 4) is 6.07 Å². The summed E-state index contributed by atoms with van der Waals surface area (Å²) in [5, 5.41) is 8.52. The van der Waals surface area contributed by atoms with Crippen LogP contribution in [-0.2, 0) is 9.53 Å². The van der Waals surface area contributed by atoms with E-state index in [1.165, 1.54) is 0 Å². The van der Waals surface area contributed by atoms with Crippen molar-refractivity contribution in [2.75, 3.05) is 39.3 Å². The van der Waals surface area contributed by atoms with Gasteiger partial charge in [-0.15, -0.1) is 0 Å². The molecule has 0 N–H and O–H groups in total. The van der Waals surface area contributed by atoms with E-state index in [9.17, 15) is 4.79 Å². The minimum absolute atomic E-state index is 0.155. The zero-order valence-electron chi connectivity index (χ0n) is 10.1. The number of hydrogen-bond donors (Lipinski definition) is 0. The largest absolute Gasteiger partial charge is 0.368 e. The first-order valence-electron chi connectivity index (χ1n) is 6.31. The van der Waals surface area contributed by atoms with Crippen LogP contribution in [0, 0.1) is 11.3 Å². The lowest BCUT2D eigenvalue weighted by atomic mass is 10.2. The van der Waals surface area contributed by atoms with E-state index in [1.54, 1.807) is 0 Å². The highest BCUT2D eigenvalue weighted by molar-refractivity contribution is 5.81. The number of piperazine rings is 1. The fraction of sp³-hybridized carbons (Fsp3) is 0.833. The third-order valence-corrected chi connectivity index (χ3v) is 3.43. The van der Waals surface area contributed by atoms with Crippen LogP contribution >= 0.6 is 0 Å². The number of amides is 1. The van der Waals surface area contributed by atoms with Crippen LogP contribution in [0.2, 0.25) is 0 Å². The summed E-state index contributed by atoms with van der Waals surface area (Å²) < 4.78 is 5.41. The van der Waals surface area contributed by atoms with Crippen molar-refractivity contribution in [2.45, 2.75) is 25.4 Å². The molecule has 2 aliphatic heterocycles. The van der Waals surface area contributed by atoms with Gasteiger partial charge in [-0.1, -0.05) is 0 Å². The van der Waals surface area contributed by atoms with E-state index in [1.807, 2.05) is 4.90 Å². The molecule has 1 unspecified atom stereocenters. The molecule has 0 bridgehead atoms. The second-order valence-electron chi connectivity index (χ2n) is 4.58. The summed E-state index contributed by atoms with van der Waals surface area (Å²) in [5.74, 6) is 0.155. The highest BCUT2D eigenvalue weighted by atomic mass is 16.5.